The molecule has 386 valence electrons. The Labute approximate surface area is 406 Å². The molecule has 0 rings (SSSR count). The Morgan fingerprint density at radius 3 is 1.09 bits per heavy atom. The zero-order valence-corrected chi connectivity index (χ0v) is 44.0. The van der Waals surface area contributed by atoms with Crippen molar-refractivity contribution in [3.05, 3.63) is 12.2 Å². The number of nitrogens with one attached hydrogen (secondary N) is 1. The van der Waals surface area contributed by atoms with Crippen LogP contribution in [0.3, 0.4) is 0 Å². The molecule has 0 saturated heterocycles. The molecule has 65 heavy (non-hydrogen) atoms. The molecule has 2 unspecified atom stereocenters. The van der Waals surface area contributed by atoms with Crippen LogP contribution in [0.5, 0.6) is 0 Å². The number of unbranched alkanes of at least 4 members (excludes halogenated alkanes) is 42. The molecule has 0 aliphatic carbocycles. The van der Waals surface area contributed by atoms with E-state index in [-0.39, 0.29) is 18.5 Å². The quantitative estimate of drug-likeness (QED) is 0.0321. The van der Waals surface area contributed by atoms with E-state index in [4.69, 9.17) is 4.74 Å². The van der Waals surface area contributed by atoms with Gasteiger partial charge in [0.2, 0.25) is 5.91 Å². The predicted octanol–water partition coefficient (Wildman–Crippen LogP) is 18.1. The third-order valence-electron chi connectivity index (χ3n) is 13.8. The lowest BCUT2D eigenvalue weighted by molar-refractivity contribution is -0.143. The largest absolute Gasteiger partial charge is 0.466 e. The molecule has 2 atom stereocenters. The molecular formula is C59H115NO5. The van der Waals surface area contributed by atoms with Crippen molar-refractivity contribution in [1.82, 2.24) is 5.32 Å². The average molecular weight is 919 g/mol. The lowest BCUT2D eigenvalue weighted by atomic mass is 10.0. The van der Waals surface area contributed by atoms with Gasteiger partial charge in [-0.25, -0.2) is 0 Å². The van der Waals surface area contributed by atoms with E-state index < -0.39 is 12.1 Å². The van der Waals surface area contributed by atoms with Gasteiger partial charge in [-0.15, -0.1) is 0 Å². The number of carbonyl (C=O) groups is 2. The molecule has 6 heteroatoms. The third kappa shape index (κ3) is 51.8. The van der Waals surface area contributed by atoms with E-state index >= 15 is 0 Å². The van der Waals surface area contributed by atoms with E-state index in [0.717, 1.165) is 57.8 Å². The van der Waals surface area contributed by atoms with Gasteiger partial charge in [-0.3, -0.25) is 9.59 Å². The molecule has 0 saturated carbocycles. The molecule has 0 heterocycles. The molecule has 0 bridgehead atoms. The summed E-state index contributed by atoms with van der Waals surface area (Å²) in [4.78, 5) is 24.5. The Balaban J connectivity index is 3.45. The Bertz CT molecular complexity index is 970. The molecule has 6 nitrogen and oxygen atoms in total. The van der Waals surface area contributed by atoms with Crippen LogP contribution in [0.4, 0.5) is 0 Å². The van der Waals surface area contributed by atoms with Crippen LogP contribution in [0.15, 0.2) is 12.2 Å². The lowest BCUT2D eigenvalue weighted by Gasteiger charge is -2.22. The summed E-state index contributed by atoms with van der Waals surface area (Å²) in [6.07, 6.45) is 64.8. The second-order valence-corrected chi connectivity index (χ2v) is 20.3. The van der Waals surface area contributed by atoms with Gasteiger partial charge in [0.15, 0.2) is 0 Å². The Morgan fingerprint density at radius 1 is 0.415 bits per heavy atom. The first kappa shape index (κ1) is 63.6. The average Bonchev–Trinajstić information content (AvgIpc) is 3.31. The maximum absolute atomic E-state index is 12.5. The fourth-order valence-corrected chi connectivity index (χ4v) is 9.28. The van der Waals surface area contributed by atoms with Gasteiger partial charge in [-0.2, -0.15) is 0 Å². The Morgan fingerprint density at radius 2 is 0.723 bits per heavy atom. The van der Waals surface area contributed by atoms with E-state index in [1.54, 1.807) is 0 Å². The van der Waals surface area contributed by atoms with Crippen molar-refractivity contribution in [2.45, 2.75) is 341 Å². The van der Waals surface area contributed by atoms with Gasteiger partial charge < -0.3 is 20.3 Å². The number of amides is 1. The van der Waals surface area contributed by atoms with Crippen LogP contribution in [0.2, 0.25) is 0 Å². The molecule has 0 fully saturated rings. The van der Waals surface area contributed by atoms with Gasteiger partial charge >= 0.3 is 5.97 Å². The predicted molar refractivity (Wildman–Crippen MR) is 283 cm³/mol. The van der Waals surface area contributed by atoms with E-state index in [9.17, 15) is 19.8 Å². The van der Waals surface area contributed by atoms with Gasteiger partial charge in [0.1, 0.15) is 0 Å². The fourth-order valence-electron chi connectivity index (χ4n) is 9.28. The highest BCUT2D eigenvalue weighted by atomic mass is 16.5. The Hall–Kier alpha value is -1.40. The number of carbonyl (C=O) groups excluding carboxylic acids is 2. The number of aliphatic hydroxyl groups excluding tert-OH is 2. The monoisotopic (exact) mass is 918 g/mol. The van der Waals surface area contributed by atoms with Crippen LogP contribution in [0.1, 0.15) is 328 Å². The number of hydrogen-bond donors (Lipinski definition) is 3. The van der Waals surface area contributed by atoms with Crippen LogP contribution in [0.25, 0.3) is 0 Å². The summed E-state index contributed by atoms with van der Waals surface area (Å²) in [5, 5.41) is 23.3. The summed E-state index contributed by atoms with van der Waals surface area (Å²) >= 11 is 0. The number of aliphatic hydroxyl groups is 2. The highest BCUT2D eigenvalue weighted by Gasteiger charge is 2.20. The normalized spacial score (nSPS) is 12.6. The summed E-state index contributed by atoms with van der Waals surface area (Å²) in [5.74, 6) is -0.0639. The number of esters is 1. The van der Waals surface area contributed by atoms with E-state index in [1.165, 1.54) is 238 Å². The summed E-state index contributed by atoms with van der Waals surface area (Å²) in [7, 11) is 0. The first-order valence-electron chi connectivity index (χ1n) is 29.4. The highest BCUT2D eigenvalue weighted by molar-refractivity contribution is 5.76. The van der Waals surface area contributed by atoms with E-state index in [1.807, 2.05) is 0 Å². The minimum absolute atomic E-state index is 0.0166. The van der Waals surface area contributed by atoms with Gasteiger partial charge in [0.05, 0.1) is 25.4 Å². The zero-order valence-electron chi connectivity index (χ0n) is 44.0. The molecule has 1 amide bonds. The molecule has 0 aliphatic heterocycles. The molecular weight excluding hydrogens is 803 g/mol. The van der Waals surface area contributed by atoms with Gasteiger partial charge in [0, 0.05) is 12.8 Å². The van der Waals surface area contributed by atoms with Crippen molar-refractivity contribution < 1.29 is 24.5 Å². The van der Waals surface area contributed by atoms with Crippen LogP contribution >= 0.6 is 0 Å². The number of rotatable bonds is 55. The van der Waals surface area contributed by atoms with E-state index in [0.29, 0.717) is 25.9 Å². The molecule has 0 radical (unpaired) electrons. The van der Waals surface area contributed by atoms with Gasteiger partial charge in [-0.05, 0) is 51.4 Å². The van der Waals surface area contributed by atoms with E-state index in [2.05, 4.69) is 31.3 Å². The van der Waals surface area contributed by atoms with Crippen LogP contribution in [-0.4, -0.2) is 47.4 Å². The summed E-state index contributed by atoms with van der Waals surface area (Å²) in [6.45, 7) is 4.93. The number of allylic oxidation sites excluding steroid dienone is 2. The zero-order chi connectivity index (χ0) is 47.2. The van der Waals surface area contributed by atoms with Gasteiger partial charge in [-0.1, -0.05) is 276 Å². The Kier molecular flexibility index (Phi) is 54.0. The minimum atomic E-state index is -0.675. The summed E-state index contributed by atoms with van der Waals surface area (Å²) in [5.41, 5.74) is 0. The second kappa shape index (κ2) is 55.2. The maximum atomic E-state index is 12.5. The first-order chi connectivity index (χ1) is 32.0. The molecule has 0 spiro atoms. The highest BCUT2D eigenvalue weighted by Crippen LogP contribution is 2.18. The van der Waals surface area contributed by atoms with Crippen molar-refractivity contribution in [2.75, 3.05) is 13.2 Å². The van der Waals surface area contributed by atoms with Crippen LogP contribution in [0, 0.1) is 0 Å². The van der Waals surface area contributed by atoms with Crippen molar-refractivity contribution in [3.63, 3.8) is 0 Å². The molecule has 0 aromatic carbocycles. The topological polar surface area (TPSA) is 95.9 Å². The lowest BCUT2D eigenvalue weighted by Crippen LogP contribution is -2.45. The summed E-state index contributed by atoms with van der Waals surface area (Å²) < 4.78 is 5.46. The molecule has 0 aromatic rings. The summed E-state index contributed by atoms with van der Waals surface area (Å²) in [6, 6.07) is -0.554. The van der Waals surface area contributed by atoms with Crippen LogP contribution in [-0.2, 0) is 14.3 Å². The van der Waals surface area contributed by atoms with Crippen molar-refractivity contribution in [1.29, 1.82) is 0 Å². The number of hydrogen-bond acceptors (Lipinski definition) is 5. The second-order valence-electron chi connectivity index (χ2n) is 20.3. The SMILES string of the molecule is CCCCCCC/C=C\CCCCCCCC(=O)OCCCCCCCCCCCCCCC(=O)NC(CO)C(O)CCCCCCCCCCCCCCCCCCCCCCCC. The van der Waals surface area contributed by atoms with Crippen molar-refractivity contribution in [3.8, 4) is 0 Å². The minimum Gasteiger partial charge on any atom is -0.466 e. The first-order valence-corrected chi connectivity index (χ1v) is 29.4. The molecule has 3 N–H and O–H groups in total. The fraction of sp³-hybridized carbons (Fsp3) is 0.932. The molecule has 0 aliphatic rings. The molecule has 0 aromatic heterocycles. The van der Waals surface area contributed by atoms with Crippen molar-refractivity contribution in [2.24, 2.45) is 0 Å². The number of ether oxygens (including phenoxy) is 1. The standard InChI is InChI=1S/C59H115NO5/c1-3-5-7-9-11-13-15-17-19-20-21-22-23-24-25-26-27-31-35-39-43-47-51-57(62)56(55-61)60-58(63)52-48-44-40-36-32-29-30-34-38-42-46-50-54-65-59(64)53-49-45-41-37-33-28-18-16-14-12-10-8-6-4-2/h16,18,56-57,61-62H,3-15,17,19-55H2,1-2H3,(H,60,63)/b18-16-. The van der Waals surface area contributed by atoms with Crippen molar-refractivity contribution >= 4 is 11.9 Å². The van der Waals surface area contributed by atoms with Crippen LogP contribution < -0.4 is 5.32 Å². The smallest absolute Gasteiger partial charge is 0.305 e. The third-order valence-corrected chi connectivity index (χ3v) is 13.8. The maximum Gasteiger partial charge on any atom is 0.305 e. The van der Waals surface area contributed by atoms with Gasteiger partial charge in [0.25, 0.3) is 0 Å².